The number of rotatable bonds is 7. The SMILES string of the molecule is Cc1noc(C)c1-c1ccc2c(Nc3cccc(C(=O)O)c3)c(C(=O)NCc3cccc(C(F)(F)F)c3)cnc2c1. The van der Waals surface area contributed by atoms with Crippen molar-refractivity contribution in [3.05, 3.63) is 107 Å². The van der Waals surface area contributed by atoms with Gasteiger partial charge in [0.1, 0.15) is 5.76 Å². The summed E-state index contributed by atoms with van der Waals surface area (Å²) in [7, 11) is 0. The van der Waals surface area contributed by atoms with Crippen LogP contribution in [-0.2, 0) is 12.7 Å². The third-order valence-electron chi connectivity index (χ3n) is 6.52. The van der Waals surface area contributed by atoms with E-state index in [1.807, 2.05) is 19.1 Å². The minimum atomic E-state index is -4.51. The van der Waals surface area contributed by atoms with E-state index < -0.39 is 23.6 Å². The molecular formula is C30H23F3N4O4. The fraction of sp³-hybridized carbons (Fsp3) is 0.133. The minimum absolute atomic E-state index is 0.0459. The van der Waals surface area contributed by atoms with Gasteiger partial charge in [0.15, 0.2) is 0 Å². The van der Waals surface area contributed by atoms with Gasteiger partial charge in [0.25, 0.3) is 5.91 Å². The largest absolute Gasteiger partial charge is 0.478 e. The van der Waals surface area contributed by atoms with Crippen molar-refractivity contribution in [3.8, 4) is 11.1 Å². The van der Waals surface area contributed by atoms with Crippen LogP contribution in [0.5, 0.6) is 0 Å². The summed E-state index contributed by atoms with van der Waals surface area (Å²) in [5.74, 6) is -1.06. The number of halogens is 3. The number of amides is 1. The number of hydrogen-bond acceptors (Lipinski definition) is 6. The van der Waals surface area contributed by atoms with Crippen LogP contribution >= 0.6 is 0 Å². The van der Waals surface area contributed by atoms with Gasteiger partial charge in [-0.1, -0.05) is 35.5 Å². The van der Waals surface area contributed by atoms with Crippen molar-refractivity contribution >= 4 is 34.2 Å². The number of carbonyl (C=O) groups is 2. The third kappa shape index (κ3) is 5.74. The van der Waals surface area contributed by atoms with Gasteiger partial charge in [-0.05, 0) is 61.4 Å². The van der Waals surface area contributed by atoms with E-state index in [1.165, 1.54) is 30.5 Å². The molecule has 5 rings (SSSR count). The summed E-state index contributed by atoms with van der Waals surface area (Å²) in [5.41, 5.74) is 3.26. The molecule has 0 aliphatic rings. The molecule has 0 radical (unpaired) electrons. The molecule has 0 spiro atoms. The molecule has 11 heteroatoms. The van der Waals surface area contributed by atoms with Crippen LogP contribution in [0.3, 0.4) is 0 Å². The number of carbonyl (C=O) groups excluding carboxylic acids is 1. The summed E-state index contributed by atoms with van der Waals surface area (Å²) in [6.45, 7) is 3.47. The highest BCUT2D eigenvalue weighted by atomic mass is 19.4. The van der Waals surface area contributed by atoms with Crippen LogP contribution in [-0.4, -0.2) is 27.1 Å². The molecule has 2 aromatic heterocycles. The molecule has 0 aliphatic carbocycles. The van der Waals surface area contributed by atoms with Crippen molar-refractivity contribution in [3.63, 3.8) is 0 Å². The van der Waals surface area contributed by atoms with Crippen molar-refractivity contribution < 1.29 is 32.4 Å². The number of aryl methyl sites for hydroxylation is 2. The van der Waals surface area contributed by atoms with E-state index in [-0.39, 0.29) is 23.2 Å². The molecule has 8 nitrogen and oxygen atoms in total. The molecule has 41 heavy (non-hydrogen) atoms. The van der Waals surface area contributed by atoms with E-state index in [4.69, 9.17) is 4.52 Å². The number of nitrogens with zero attached hydrogens (tertiary/aromatic N) is 2. The predicted molar refractivity (Wildman–Crippen MR) is 146 cm³/mol. The topological polar surface area (TPSA) is 117 Å². The number of benzene rings is 3. The number of pyridine rings is 1. The third-order valence-corrected chi connectivity index (χ3v) is 6.52. The fourth-order valence-electron chi connectivity index (χ4n) is 4.56. The monoisotopic (exact) mass is 560 g/mol. The number of carboxylic acids is 1. The molecule has 0 saturated heterocycles. The van der Waals surface area contributed by atoms with Crippen LogP contribution in [0.2, 0.25) is 0 Å². The molecule has 0 bridgehead atoms. The Morgan fingerprint density at radius 3 is 2.49 bits per heavy atom. The predicted octanol–water partition coefficient (Wildman–Crippen LogP) is 6.90. The Morgan fingerprint density at radius 1 is 1.00 bits per heavy atom. The Hall–Kier alpha value is -5.19. The Labute approximate surface area is 231 Å². The average Bonchev–Trinajstić information content (AvgIpc) is 3.28. The summed E-state index contributed by atoms with van der Waals surface area (Å²) in [4.78, 5) is 29.4. The first-order valence-corrected chi connectivity index (χ1v) is 12.4. The van der Waals surface area contributed by atoms with Gasteiger partial charge >= 0.3 is 12.1 Å². The molecule has 0 atom stereocenters. The van der Waals surface area contributed by atoms with Crippen molar-refractivity contribution in [2.24, 2.45) is 0 Å². The second kappa shape index (κ2) is 10.8. The highest BCUT2D eigenvalue weighted by molar-refractivity contribution is 6.08. The van der Waals surface area contributed by atoms with Gasteiger partial charge in [0, 0.05) is 29.4 Å². The Bertz CT molecular complexity index is 1780. The lowest BCUT2D eigenvalue weighted by atomic mass is 10.0. The number of carboxylic acid groups (broad SMARTS) is 1. The van der Waals surface area contributed by atoms with Crippen LogP contribution in [0.1, 0.15) is 43.3 Å². The van der Waals surface area contributed by atoms with E-state index in [2.05, 4.69) is 20.8 Å². The maximum atomic E-state index is 13.3. The first-order chi connectivity index (χ1) is 19.5. The number of nitrogens with one attached hydrogen (secondary N) is 2. The summed E-state index contributed by atoms with van der Waals surface area (Å²) >= 11 is 0. The molecule has 208 valence electrons. The maximum Gasteiger partial charge on any atom is 0.416 e. The highest BCUT2D eigenvalue weighted by Crippen LogP contribution is 2.34. The van der Waals surface area contributed by atoms with Crippen molar-refractivity contribution in [1.82, 2.24) is 15.5 Å². The molecule has 3 N–H and O–H groups in total. The maximum absolute atomic E-state index is 13.3. The molecule has 0 aliphatic heterocycles. The Balaban J connectivity index is 1.54. The lowest BCUT2D eigenvalue weighted by Gasteiger charge is -2.16. The molecule has 3 aromatic carbocycles. The summed E-state index contributed by atoms with van der Waals surface area (Å²) in [6, 6.07) is 16.2. The summed E-state index contributed by atoms with van der Waals surface area (Å²) < 4.78 is 44.7. The molecule has 0 saturated carbocycles. The second-order valence-corrected chi connectivity index (χ2v) is 9.37. The quantitative estimate of drug-likeness (QED) is 0.198. The van der Waals surface area contributed by atoms with Gasteiger partial charge in [-0.3, -0.25) is 9.78 Å². The number of aromatic nitrogens is 2. The van der Waals surface area contributed by atoms with Gasteiger partial charge in [-0.2, -0.15) is 13.2 Å². The fourth-order valence-corrected chi connectivity index (χ4v) is 4.56. The average molecular weight is 561 g/mol. The normalized spacial score (nSPS) is 11.4. The summed E-state index contributed by atoms with van der Waals surface area (Å²) in [5, 5.41) is 19.8. The minimum Gasteiger partial charge on any atom is -0.478 e. The van der Waals surface area contributed by atoms with Crippen molar-refractivity contribution in [2.45, 2.75) is 26.6 Å². The van der Waals surface area contributed by atoms with Crippen LogP contribution in [0, 0.1) is 13.8 Å². The zero-order valence-corrected chi connectivity index (χ0v) is 21.8. The van der Waals surface area contributed by atoms with Gasteiger partial charge in [-0.25, -0.2) is 4.79 Å². The van der Waals surface area contributed by atoms with E-state index in [1.54, 1.807) is 25.1 Å². The second-order valence-electron chi connectivity index (χ2n) is 9.37. The number of alkyl halides is 3. The highest BCUT2D eigenvalue weighted by Gasteiger charge is 2.30. The lowest BCUT2D eigenvalue weighted by Crippen LogP contribution is -2.24. The van der Waals surface area contributed by atoms with E-state index >= 15 is 0 Å². The first-order valence-electron chi connectivity index (χ1n) is 12.4. The lowest BCUT2D eigenvalue weighted by molar-refractivity contribution is -0.137. The number of hydrogen-bond donors (Lipinski definition) is 3. The van der Waals surface area contributed by atoms with E-state index in [9.17, 15) is 27.9 Å². The van der Waals surface area contributed by atoms with Crippen LogP contribution < -0.4 is 10.6 Å². The Kier molecular flexibility index (Phi) is 7.19. The van der Waals surface area contributed by atoms with E-state index in [0.717, 1.165) is 23.3 Å². The summed E-state index contributed by atoms with van der Waals surface area (Å²) in [6.07, 6.45) is -3.14. The number of aromatic carboxylic acids is 1. The van der Waals surface area contributed by atoms with Gasteiger partial charge in [0.05, 0.1) is 33.6 Å². The van der Waals surface area contributed by atoms with Crippen LogP contribution in [0.15, 0.2) is 77.4 Å². The van der Waals surface area contributed by atoms with Crippen molar-refractivity contribution in [1.29, 1.82) is 0 Å². The van der Waals surface area contributed by atoms with Gasteiger partial charge in [-0.15, -0.1) is 0 Å². The molecule has 0 unspecified atom stereocenters. The van der Waals surface area contributed by atoms with Crippen molar-refractivity contribution in [2.75, 3.05) is 5.32 Å². The zero-order chi connectivity index (χ0) is 29.3. The van der Waals surface area contributed by atoms with Gasteiger partial charge in [0.2, 0.25) is 0 Å². The standard InChI is InChI=1S/C30H23F3N4O4/c1-16-26(17(2)41-37-16)19-9-10-23-25(13-19)34-15-24(27(23)36-22-8-4-6-20(12-22)29(39)40)28(38)35-14-18-5-3-7-21(11-18)30(31,32)33/h3-13,15H,14H2,1-2H3,(H,34,36)(H,35,38)(H,39,40). The molecule has 0 fully saturated rings. The van der Waals surface area contributed by atoms with Crippen LogP contribution in [0.25, 0.3) is 22.0 Å². The zero-order valence-electron chi connectivity index (χ0n) is 21.8. The number of fused-ring (bicyclic) bond motifs is 1. The van der Waals surface area contributed by atoms with Crippen LogP contribution in [0.4, 0.5) is 24.5 Å². The smallest absolute Gasteiger partial charge is 0.416 e. The number of anilines is 2. The molecular weight excluding hydrogens is 537 g/mol. The van der Waals surface area contributed by atoms with E-state index in [0.29, 0.717) is 33.7 Å². The van der Waals surface area contributed by atoms with Gasteiger partial charge < -0.3 is 20.3 Å². The first kappa shape index (κ1) is 27.4. The molecule has 5 aromatic rings. The molecule has 1 amide bonds. The Morgan fingerprint density at radius 2 is 1.78 bits per heavy atom. The molecule has 2 heterocycles.